The van der Waals surface area contributed by atoms with E-state index in [-0.39, 0.29) is 5.69 Å². The molecular weight excluding hydrogens is 168 g/mol. The lowest BCUT2D eigenvalue weighted by Gasteiger charge is -2.15. The number of H-pyrrole nitrogens is 1. The molecule has 0 aromatic carbocycles. The molecule has 0 amide bonds. The monoisotopic (exact) mass is 180 g/mol. The molecule has 1 aliphatic rings. The third-order valence-electron chi connectivity index (χ3n) is 2.44. The standard InChI is InChI=1S/C8H12N4O/c1-6-4-2-3-5-7(6)12-8(13)9-10-11-12/h2-5H2,1H3,(H,9,11,13). The largest absolute Gasteiger partial charge is 0.365 e. The Hall–Kier alpha value is -1.39. The molecule has 13 heavy (non-hydrogen) atoms. The van der Waals surface area contributed by atoms with Crippen LogP contribution in [0.15, 0.2) is 10.4 Å². The first-order valence-corrected chi connectivity index (χ1v) is 4.48. The van der Waals surface area contributed by atoms with Crippen molar-refractivity contribution >= 4 is 5.70 Å². The molecule has 0 atom stereocenters. The Morgan fingerprint density at radius 2 is 2.15 bits per heavy atom. The van der Waals surface area contributed by atoms with Crippen LogP contribution in [0.5, 0.6) is 0 Å². The highest BCUT2D eigenvalue weighted by molar-refractivity contribution is 5.49. The third-order valence-corrected chi connectivity index (χ3v) is 2.44. The second-order valence-electron chi connectivity index (χ2n) is 3.35. The Morgan fingerprint density at radius 3 is 2.77 bits per heavy atom. The van der Waals surface area contributed by atoms with Crippen molar-refractivity contribution in [3.8, 4) is 0 Å². The first-order valence-electron chi connectivity index (χ1n) is 4.48. The van der Waals surface area contributed by atoms with Crippen LogP contribution in [0.1, 0.15) is 32.6 Å². The summed E-state index contributed by atoms with van der Waals surface area (Å²) in [5.41, 5.74) is 2.03. The van der Waals surface area contributed by atoms with E-state index >= 15 is 0 Å². The highest BCUT2D eigenvalue weighted by atomic mass is 16.2. The zero-order valence-corrected chi connectivity index (χ0v) is 7.58. The average Bonchev–Trinajstić information content (AvgIpc) is 2.52. The summed E-state index contributed by atoms with van der Waals surface area (Å²) >= 11 is 0. The van der Waals surface area contributed by atoms with Crippen molar-refractivity contribution in [2.45, 2.75) is 32.6 Å². The minimum absolute atomic E-state index is 0.240. The molecule has 1 aromatic heterocycles. The van der Waals surface area contributed by atoms with E-state index in [1.54, 1.807) is 0 Å². The van der Waals surface area contributed by atoms with Gasteiger partial charge in [-0.2, -0.15) is 4.68 Å². The summed E-state index contributed by atoms with van der Waals surface area (Å²) in [6.07, 6.45) is 4.33. The number of hydrogen-bond donors (Lipinski definition) is 1. The fourth-order valence-corrected chi connectivity index (χ4v) is 1.70. The first kappa shape index (κ1) is 8.22. The van der Waals surface area contributed by atoms with Crippen molar-refractivity contribution in [3.05, 3.63) is 16.1 Å². The van der Waals surface area contributed by atoms with E-state index in [4.69, 9.17) is 0 Å². The molecule has 0 saturated heterocycles. The third kappa shape index (κ3) is 1.41. The van der Waals surface area contributed by atoms with Crippen LogP contribution in [0, 0.1) is 0 Å². The van der Waals surface area contributed by atoms with E-state index in [1.807, 2.05) is 0 Å². The van der Waals surface area contributed by atoms with Gasteiger partial charge in [0.15, 0.2) is 0 Å². The van der Waals surface area contributed by atoms with Crippen LogP contribution >= 0.6 is 0 Å². The van der Waals surface area contributed by atoms with Crippen LogP contribution in [0.25, 0.3) is 5.70 Å². The molecule has 5 heteroatoms. The fraction of sp³-hybridized carbons (Fsp3) is 0.625. The van der Waals surface area contributed by atoms with E-state index in [1.165, 1.54) is 16.7 Å². The second kappa shape index (κ2) is 3.16. The Balaban J connectivity index is 2.45. The number of aromatic nitrogens is 4. The highest BCUT2D eigenvalue weighted by Crippen LogP contribution is 2.25. The molecule has 0 aliphatic heterocycles. The SMILES string of the molecule is CC1=C(n2nn[nH]c2=O)CCCC1. The summed E-state index contributed by atoms with van der Waals surface area (Å²) in [4.78, 5) is 11.2. The average molecular weight is 180 g/mol. The Morgan fingerprint density at radius 1 is 1.38 bits per heavy atom. The maximum Gasteiger partial charge on any atom is 0.365 e. The van der Waals surface area contributed by atoms with Gasteiger partial charge in [0.25, 0.3) is 0 Å². The van der Waals surface area contributed by atoms with Crippen molar-refractivity contribution in [3.63, 3.8) is 0 Å². The van der Waals surface area contributed by atoms with E-state index in [9.17, 15) is 4.79 Å². The van der Waals surface area contributed by atoms with Gasteiger partial charge in [0.2, 0.25) is 0 Å². The minimum atomic E-state index is -0.240. The second-order valence-corrected chi connectivity index (χ2v) is 3.35. The number of aromatic amines is 1. The van der Waals surface area contributed by atoms with Crippen LogP contribution in [0.2, 0.25) is 0 Å². The van der Waals surface area contributed by atoms with Gasteiger partial charge < -0.3 is 0 Å². The summed E-state index contributed by atoms with van der Waals surface area (Å²) in [6.45, 7) is 2.05. The molecule has 0 saturated carbocycles. The van der Waals surface area contributed by atoms with Gasteiger partial charge in [-0.15, -0.1) is 0 Å². The number of nitrogens with one attached hydrogen (secondary N) is 1. The maximum absolute atomic E-state index is 11.2. The Kier molecular flexibility index (Phi) is 2.00. The quantitative estimate of drug-likeness (QED) is 0.694. The number of hydrogen-bond acceptors (Lipinski definition) is 3. The lowest BCUT2D eigenvalue weighted by atomic mass is 9.98. The summed E-state index contributed by atoms with van der Waals surface area (Å²) in [7, 11) is 0. The molecule has 1 N–H and O–H groups in total. The van der Waals surface area contributed by atoms with Crippen LogP contribution in [-0.4, -0.2) is 20.2 Å². The molecule has 2 rings (SSSR count). The van der Waals surface area contributed by atoms with E-state index in [0.29, 0.717) is 0 Å². The topological polar surface area (TPSA) is 63.6 Å². The molecule has 1 aromatic rings. The van der Waals surface area contributed by atoms with Gasteiger partial charge in [-0.1, -0.05) is 5.57 Å². The van der Waals surface area contributed by atoms with E-state index in [2.05, 4.69) is 22.4 Å². The van der Waals surface area contributed by atoms with Gasteiger partial charge in [0.05, 0.1) is 0 Å². The Labute approximate surface area is 75.4 Å². The molecule has 0 bridgehead atoms. The van der Waals surface area contributed by atoms with Crippen LogP contribution < -0.4 is 5.69 Å². The van der Waals surface area contributed by atoms with Crippen molar-refractivity contribution in [1.29, 1.82) is 0 Å². The molecule has 0 fully saturated rings. The van der Waals surface area contributed by atoms with Crippen LogP contribution in [0.4, 0.5) is 0 Å². The van der Waals surface area contributed by atoms with Crippen LogP contribution in [0.3, 0.4) is 0 Å². The number of allylic oxidation sites excluding steroid dienone is 2. The summed E-state index contributed by atoms with van der Waals surface area (Å²) in [5, 5.41) is 9.50. The summed E-state index contributed by atoms with van der Waals surface area (Å²) in [6, 6.07) is 0. The lowest BCUT2D eigenvalue weighted by molar-refractivity contribution is 0.658. The Bertz CT molecular complexity index is 387. The zero-order valence-electron chi connectivity index (χ0n) is 7.58. The first-order chi connectivity index (χ1) is 6.29. The normalized spacial score (nSPS) is 17.9. The number of tetrazole rings is 1. The van der Waals surface area contributed by atoms with Gasteiger partial charge in [-0.05, 0) is 43.0 Å². The van der Waals surface area contributed by atoms with Crippen molar-refractivity contribution in [2.24, 2.45) is 0 Å². The molecule has 0 unspecified atom stereocenters. The van der Waals surface area contributed by atoms with Gasteiger partial charge in [-0.25, -0.2) is 9.89 Å². The van der Waals surface area contributed by atoms with Gasteiger partial charge >= 0.3 is 5.69 Å². The number of rotatable bonds is 1. The predicted molar refractivity (Wildman–Crippen MR) is 48.0 cm³/mol. The predicted octanol–water partition coefficient (Wildman–Crippen LogP) is 0.771. The molecule has 1 heterocycles. The highest BCUT2D eigenvalue weighted by Gasteiger charge is 2.13. The van der Waals surface area contributed by atoms with Gasteiger partial charge in [0, 0.05) is 5.70 Å². The summed E-state index contributed by atoms with van der Waals surface area (Å²) < 4.78 is 1.37. The molecule has 0 spiro atoms. The van der Waals surface area contributed by atoms with E-state index < -0.39 is 0 Å². The van der Waals surface area contributed by atoms with Crippen molar-refractivity contribution < 1.29 is 0 Å². The van der Waals surface area contributed by atoms with Crippen molar-refractivity contribution in [2.75, 3.05) is 0 Å². The lowest BCUT2D eigenvalue weighted by Crippen LogP contribution is -2.19. The molecule has 70 valence electrons. The smallest absolute Gasteiger partial charge is 0.244 e. The van der Waals surface area contributed by atoms with E-state index in [0.717, 1.165) is 25.0 Å². The molecule has 5 nitrogen and oxygen atoms in total. The van der Waals surface area contributed by atoms with Gasteiger partial charge in [0.1, 0.15) is 0 Å². The minimum Gasteiger partial charge on any atom is -0.244 e. The van der Waals surface area contributed by atoms with Crippen LogP contribution in [-0.2, 0) is 0 Å². The molecule has 1 aliphatic carbocycles. The molecule has 0 radical (unpaired) electrons. The summed E-state index contributed by atoms with van der Waals surface area (Å²) in [5.74, 6) is 0. The maximum atomic E-state index is 11.2. The van der Waals surface area contributed by atoms with Crippen molar-refractivity contribution in [1.82, 2.24) is 20.2 Å². The fourth-order valence-electron chi connectivity index (χ4n) is 1.70. The zero-order chi connectivity index (χ0) is 9.26. The van der Waals surface area contributed by atoms with Gasteiger partial charge in [-0.3, -0.25) is 0 Å². The number of nitrogens with zero attached hydrogens (tertiary/aromatic N) is 3. The molecular formula is C8H12N4O.